The van der Waals surface area contributed by atoms with E-state index in [-0.39, 0.29) is 11.8 Å². The van der Waals surface area contributed by atoms with Crippen molar-refractivity contribution in [3.05, 3.63) is 42.7 Å². The van der Waals surface area contributed by atoms with Crippen LogP contribution in [0.5, 0.6) is 0 Å². The second kappa shape index (κ2) is 6.21. The van der Waals surface area contributed by atoms with Crippen molar-refractivity contribution >= 4 is 9.84 Å². The molecule has 1 aliphatic heterocycles. The minimum absolute atomic E-state index is 0.114. The SMILES string of the molecule is C=COCCCNC1CCS(=O)(=O)c2ccccc21. The van der Waals surface area contributed by atoms with Gasteiger partial charge in [-0.3, -0.25) is 0 Å². The topological polar surface area (TPSA) is 55.4 Å². The highest BCUT2D eigenvalue weighted by Gasteiger charge is 2.29. The molecule has 2 rings (SSSR count). The predicted octanol–water partition coefficient (Wildman–Crippen LogP) is 2.04. The van der Waals surface area contributed by atoms with E-state index in [2.05, 4.69) is 11.9 Å². The molecule has 0 amide bonds. The van der Waals surface area contributed by atoms with Gasteiger partial charge in [0.1, 0.15) is 0 Å². The van der Waals surface area contributed by atoms with E-state index in [0.717, 1.165) is 18.5 Å². The number of hydrogen-bond acceptors (Lipinski definition) is 4. The van der Waals surface area contributed by atoms with Crippen molar-refractivity contribution in [3.8, 4) is 0 Å². The minimum Gasteiger partial charge on any atom is -0.502 e. The molecule has 0 saturated carbocycles. The Morgan fingerprint density at radius 2 is 2.21 bits per heavy atom. The van der Waals surface area contributed by atoms with E-state index in [0.29, 0.717) is 17.9 Å². The molecule has 0 aliphatic carbocycles. The summed E-state index contributed by atoms with van der Waals surface area (Å²) in [6.07, 6.45) is 2.93. The Morgan fingerprint density at radius 3 is 3.00 bits per heavy atom. The van der Waals surface area contributed by atoms with E-state index >= 15 is 0 Å². The first-order valence-electron chi connectivity index (χ1n) is 6.43. The monoisotopic (exact) mass is 281 g/mol. The molecule has 104 valence electrons. The third-order valence-corrected chi connectivity index (χ3v) is 5.07. The number of rotatable bonds is 6. The van der Waals surface area contributed by atoms with E-state index in [9.17, 15) is 8.42 Å². The summed E-state index contributed by atoms with van der Waals surface area (Å²) in [5.74, 6) is 0.213. The normalized spacial score (nSPS) is 20.5. The fraction of sp³-hybridized carbons (Fsp3) is 0.429. The molecule has 0 bridgehead atoms. The van der Waals surface area contributed by atoms with E-state index in [1.54, 1.807) is 12.1 Å². The van der Waals surface area contributed by atoms with Crippen molar-refractivity contribution < 1.29 is 13.2 Å². The minimum atomic E-state index is -3.09. The Hall–Kier alpha value is -1.33. The van der Waals surface area contributed by atoms with Crippen LogP contribution in [0.3, 0.4) is 0 Å². The Bertz CT molecular complexity index is 539. The smallest absolute Gasteiger partial charge is 0.178 e. The van der Waals surface area contributed by atoms with Gasteiger partial charge in [0.2, 0.25) is 0 Å². The number of benzene rings is 1. The fourth-order valence-electron chi connectivity index (χ4n) is 2.32. The quantitative estimate of drug-likeness (QED) is 0.640. The molecule has 1 aromatic carbocycles. The van der Waals surface area contributed by atoms with Gasteiger partial charge in [-0.15, -0.1) is 0 Å². The van der Waals surface area contributed by atoms with Crippen LogP contribution in [0, 0.1) is 0 Å². The molecular weight excluding hydrogens is 262 g/mol. The maximum atomic E-state index is 12.0. The molecule has 1 aliphatic rings. The lowest BCUT2D eigenvalue weighted by Crippen LogP contribution is -2.30. The van der Waals surface area contributed by atoms with Crippen molar-refractivity contribution in [2.45, 2.75) is 23.8 Å². The molecule has 1 unspecified atom stereocenters. The number of nitrogens with one attached hydrogen (secondary N) is 1. The van der Waals surface area contributed by atoms with Crippen LogP contribution in [-0.4, -0.2) is 27.3 Å². The molecule has 0 fully saturated rings. The molecule has 1 aromatic rings. The summed E-state index contributed by atoms with van der Waals surface area (Å²) >= 11 is 0. The van der Waals surface area contributed by atoms with Gasteiger partial charge >= 0.3 is 0 Å². The third-order valence-electron chi connectivity index (χ3n) is 3.25. The molecule has 1 atom stereocenters. The van der Waals surface area contributed by atoms with Crippen molar-refractivity contribution in [2.24, 2.45) is 0 Å². The second-order valence-electron chi connectivity index (χ2n) is 4.54. The molecule has 0 radical (unpaired) electrons. The highest BCUT2D eigenvalue weighted by molar-refractivity contribution is 7.91. The average molecular weight is 281 g/mol. The Balaban J connectivity index is 2.02. The molecule has 1 N–H and O–H groups in total. The van der Waals surface area contributed by atoms with Crippen LogP contribution in [0.2, 0.25) is 0 Å². The summed E-state index contributed by atoms with van der Waals surface area (Å²) in [6.45, 7) is 4.91. The maximum Gasteiger partial charge on any atom is 0.178 e. The number of hydrogen-bond donors (Lipinski definition) is 1. The van der Waals surface area contributed by atoms with Crippen LogP contribution in [0.25, 0.3) is 0 Å². The molecule has 0 saturated heterocycles. The van der Waals surface area contributed by atoms with Crippen LogP contribution in [0.4, 0.5) is 0 Å². The molecular formula is C14H19NO3S. The molecule has 19 heavy (non-hydrogen) atoms. The van der Waals surface area contributed by atoms with Gasteiger partial charge in [-0.05, 0) is 31.0 Å². The van der Waals surface area contributed by atoms with Crippen LogP contribution in [0.1, 0.15) is 24.4 Å². The zero-order chi connectivity index (χ0) is 13.7. The van der Waals surface area contributed by atoms with Crippen LogP contribution in [0.15, 0.2) is 42.0 Å². The van der Waals surface area contributed by atoms with E-state index in [4.69, 9.17) is 4.74 Å². The number of sulfone groups is 1. The largest absolute Gasteiger partial charge is 0.502 e. The lowest BCUT2D eigenvalue weighted by molar-refractivity contribution is 0.242. The second-order valence-corrected chi connectivity index (χ2v) is 6.62. The van der Waals surface area contributed by atoms with Crippen molar-refractivity contribution in [2.75, 3.05) is 18.9 Å². The van der Waals surface area contributed by atoms with Crippen LogP contribution >= 0.6 is 0 Å². The average Bonchev–Trinajstić information content (AvgIpc) is 2.41. The van der Waals surface area contributed by atoms with Gasteiger partial charge in [0, 0.05) is 6.04 Å². The Kier molecular flexibility index (Phi) is 4.61. The lowest BCUT2D eigenvalue weighted by Gasteiger charge is -2.26. The van der Waals surface area contributed by atoms with Crippen molar-refractivity contribution in [1.29, 1.82) is 0 Å². The van der Waals surface area contributed by atoms with Gasteiger partial charge in [0.15, 0.2) is 9.84 Å². The Labute approximate surface area is 114 Å². The summed E-state index contributed by atoms with van der Waals surface area (Å²) in [7, 11) is -3.09. The maximum absolute atomic E-state index is 12.0. The van der Waals surface area contributed by atoms with Gasteiger partial charge < -0.3 is 10.1 Å². The Morgan fingerprint density at radius 1 is 1.42 bits per heavy atom. The first kappa shape index (κ1) is 14.1. The standard InChI is InChI=1S/C14H19NO3S/c1-2-18-10-5-9-15-13-8-11-19(16,17)14-7-4-3-6-12(13)14/h2-4,6-7,13,15H,1,5,8-11H2. The zero-order valence-corrected chi connectivity index (χ0v) is 11.7. The molecule has 1 heterocycles. The van der Waals surface area contributed by atoms with Gasteiger partial charge in [-0.1, -0.05) is 24.8 Å². The van der Waals surface area contributed by atoms with Crippen LogP contribution in [-0.2, 0) is 14.6 Å². The van der Waals surface area contributed by atoms with Crippen LogP contribution < -0.4 is 5.32 Å². The van der Waals surface area contributed by atoms with E-state index in [1.165, 1.54) is 6.26 Å². The number of ether oxygens (including phenoxy) is 1. The van der Waals surface area contributed by atoms with Gasteiger partial charge in [-0.25, -0.2) is 8.42 Å². The highest BCUT2D eigenvalue weighted by atomic mass is 32.2. The zero-order valence-electron chi connectivity index (χ0n) is 10.8. The van der Waals surface area contributed by atoms with Gasteiger partial charge in [-0.2, -0.15) is 0 Å². The van der Waals surface area contributed by atoms with E-state index in [1.807, 2.05) is 12.1 Å². The first-order chi connectivity index (χ1) is 9.15. The van der Waals surface area contributed by atoms with Crippen molar-refractivity contribution in [1.82, 2.24) is 5.32 Å². The summed E-state index contributed by atoms with van der Waals surface area (Å²) in [6, 6.07) is 7.36. The first-order valence-corrected chi connectivity index (χ1v) is 8.08. The molecule has 4 nitrogen and oxygen atoms in total. The molecule has 0 spiro atoms. The summed E-state index contributed by atoms with van der Waals surface area (Å²) in [5, 5.41) is 3.40. The van der Waals surface area contributed by atoms with Gasteiger partial charge in [0.25, 0.3) is 0 Å². The van der Waals surface area contributed by atoms with Gasteiger partial charge in [0.05, 0.1) is 23.5 Å². The fourth-order valence-corrected chi connectivity index (χ4v) is 3.94. The summed E-state index contributed by atoms with van der Waals surface area (Å²) in [5.41, 5.74) is 0.887. The molecule has 5 heteroatoms. The molecule has 0 aromatic heterocycles. The lowest BCUT2D eigenvalue weighted by atomic mass is 10.0. The predicted molar refractivity (Wildman–Crippen MR) is 74.6 cm³/mol. The summed E-state index contributed by atoms with van der Waals surface area (Å²) < 4.78 is 29.0. The summed E-state index contributed by atoms with van der Waals surface area (Å²) in [4.78, 5) is 0.473. The van der Waals surface area contributed by atoms with Crippen molar-refractivity contribution in [3.63, 3.8) is 0 Å². The third kappa shape index (κ3) is 3.36. The van der Waals surface area contributed by atoms with E-state index < -0.39 is 9.84 Å². The number of fused-ring (bicyclic) bond motifs is 1. The highest BCUT2D eigenvalue weighted by Crippen LogP contribution is 2.31.